The Morgan fingerprint density at radius 1 is 1.64 bits per heavy atom. The molecule has 62 valence electrons. The normalized spacial score (nSPS) is 10.9. The molecule has 0 saturated heterocycles. The van der Waals surface area contributed by atoms with E-state index in [0.717, 1.165) is 5.56 Å². The lowest BCUT2D eigenvalue weighted by Crippen LogP contribution is -2.06. The van der Waals surface area contributed by atoms with Gasteiger partial charge in [-0.1, -0.05) is 15.9 Å². The molecule has 0 aliphatic heterocycles. The van der Waals surface area contributed by atoms with Gasteiger partial charge in [-0.15, -0.1) is 0 Å². The van der Waals surface area contributed by atoms with Crippen LogP contribution in [0, 0.1) is 0 Å². The number of hydrogen-bond donors (Lipinski definition) is 0. The van der Waals surface area contributed by atoms with E-state index in [9.17, 15) is 8.78 Å². The van der Waals surface area contributed by atoms with E-state index in [1.54, 1.807) is 12.4 Å². The molecular weight excluding hydrogens is 218 g/mol. The van der Waals surface area contributed by atoms with Crippen molar-refractivity contribution in [2.75, 3.05) is 0 Å². The average molecular weight is 225 g/mol. The van der Waals surface area contributed by atoms with Gasteiger partial charge in [0, 0.05) is 17.1 Å². The highest BCUT2D eigenvalue weighted by atomic mass is 79.9. The van der Waals surface area contributed by atoms with Crippen molar-refractivity contribution in [2.24, 2.45) is 0 Å². The molecule has 0 bridgehead atoms. The quantitative estimate of drug-likeness (QED) is 0.719. The molecule has 0 atom stereocenters. The minimum absolute atomic E-state index is 0.326. The summed E-state index contributed by atoms with van der Waals surface area (Å²) in [6.45, 7) is -0.326. The van der Waals surface area contributed by atoms with Crippen LogP contribution in [-0.4, -0.2) is 16.2 Å². The zero-order valence-corrected chi connectivity index (χ0v) is 7.26. The maximum absolute atomic E-state index is 11.8. The Kier molecular flexibility index (Phi) is 2.99. The third kappa shape index (κ3) is 2.57. The van der Waals surface area contributed by atoms with E-state index >= 15 is 0 Å². The van der Waals surface area contributed by atoms with Crippen LogP contribution in [0.4, 0.5) is 8.78 Å². The van der Waals surface area contributed by atoms with Crippen LogP contribution in [0.5, 0.6) is 0 Å². The zero-order chi connectivity index (χ0) is 8.27. The maximum atomic E-state index is 11.8. The first kappa shape index (κ1) is 8.64. The number of nitrogens with zero attached hydrogens (tertiary/aromatic N) is 2. The Hall–Kier alpha value is -0.450. The zero-order valence-electron chi connectivity index (χ0n) is 5.67. The molecule has 1 heterocycles. The first-order valence-corrected chi connectivity index (χ1v) is 4.20. The molecule has 0 aromatic carbocycles. The topological polar surface area (TPSA) is 17.8 Å². The molecule has 0 fully saturated rings. The van der Waals surface area contributed by atoms with Crippen molar-refractivity contribution >= 4 is 15.9 Å². The van der Waals surface area contributed by atoms with Crippen molar-refractivity contribution in [3.8, 4) is 0 Å². The van der Waals surface area contributed by atoms with Crippen molar-refractivity contribution in [3.05, 3.63) is 18.0 Å². The molecule has 11 heavy (non-hydrogen) atoms. The van der Waals surface area contributed by atoms with Gasteiger partial charge >= 0.3 is 0 Å². The smallest absolute Gasteiger partial charge is 0.257 e. The van der Waals surface area contributed by atoms with Gasteiger partial charge in [-0.2, -0.15) is 5.10 Å². The van der Waals surface area contributed by atoms with E-state index in [1.807, 2.05) is 0 Å². The van der Waals surface area contributed by atoms with Crippen molar-refractivity contribution < 1.29 is 8.78 Å². The summed E-state index contributed by atoms with van der Waals surface area (Å²) in [6.07, 6.45) is 0.830. The number of halogens is 3. The Morgan fingerprint density at radius 3 is 2.82 bits per heavy atom. The van der Waals surface area contributed by atoms with Gasteiger partial charge < -0.3 is 0 Å². The van der Waals surface area contributed by atoms with Gasteiger partial charge in [-0.25, -0.2) is 8.78 Å². The van der Waals surface area contributed by atoms with Gasteiger partial charge in [0.1, 0.15) is 6.54 Å². The largest absolute Gasteiger partial charge is 0.267 e. The van der Waals surface area contributed by atoms with Crippen LogP contribution in [0.25, 0.3) is 0 Å². The molecule has 5 heteroatoms. The summed E-state index contributed by atoms with van der Waals surface area (Å²) in [5, 5.41) is 4.38. The van der Waals surface area contributed by atoms with Crippen molar-refractivity contribution in [3.63, 3.8) is 0 Å². The van der Waals surface area contributed by atoms with Crippen LogP contribution in [-0.2, 0) is 11.9 Å². The van der Waals surface area contributed by atoms with E-state index in [0.29, 0.717) is 5.33 Å². The number of alkyl halides is 3. The summed E-state index contributed by atoms with van der Waals surface area (Å²) < 4.78 is 24.8. The van der Waals surface area contributed by atoms with Gasteiger partial charge in [-0.3, -0.25) is 4.68 Å². The maximum Gasteiger partial charge on any atom is 0.257 e. The summed E-state index contributed by atoms with van der Waals surface area (Å²) in [7, 11) is 0. The van der Waals surface area contributed by atoms with Crippen LogP contribution < -0.4 is 0 Å². The molecule has 1 aromatic rings. The lowest BCUT2D eigenvalue weighted by Gasteiger charge is -1.97. The van der Waals surface area contributed by atoms with Crippen LogP contribution in [0.2, 0.25) is 0 Å². The fourth-order valence-electron chi connectivity index (χ4n) is 0.717. The standard InChI is InChI=1S/C6H7BrF2N2/c7-1-5-2-10-11(3-5)4-6(8)9/h2-3,6H,1,4H2. The molecule has 0 amide bonds. The molecule has 0 unspecified atom stereocenters. The number of rotatable bonds is 3. The van der Waals surface area contributed by atoms with E-state index < -0.39 is 6.43 Å². The van der Waals surface area contributed by atoms with E-state index in [4.69, 9.17) is 0 Å². The lowest BCUT2D eigenvalue weighted by molar-refractivity contribution is 0.122. The SMILES string of the molecule is FC(F)Cn1cc(CBr)cn1. The van der Waals surface area contributed by atoms with Gasteiger partial charge in [0.15, 0.2) is 0 Å². The minimum atomic E-state index is -2.34. The number of hydrogen-bond acceptors (Lipinski definition) is 1. The molecule has 1 rings (SSSR count). The van der Waals surface area contributed by atoms with Crippen molar-refractivity contribution in [1.82, 2.24) is 9.78 Å². The minimum Gasteiger partial charge on any atom is -0.267 e. The van der Waals surface area contributed by atoms with Crippen LogP contribution in [0.1, 0.15) is 5.56 Å². The van der Waals surface area contributed by atoms with E-state index in [-0.39, 0.29) is 6.54 Å². The Balaban J connectivity index is 2.58. The van der Waals surface area contributed by atoms with Crippen molar-refractivity contribution in [1.29, 1.82) is 0 Å². The van der Waals surface area contributed by atoms with Crippen LogP contribution >= 0.6 is 15.9 Å². The van der Waals surface area contributed by atoms with Crippen LogP contribution in [0.3, 0.4) is 0 Å². The highest BCUT2D eigenvalue weighted by Gasteiger charge is 2.04. The third-order valence-corrected chi connectivity index (χ3v) is 1.81. The molecule has 1 aromatic heterocycles. The average Bonchev–Trinajstić information content (AvgIpc) is 2.34. The molecule has 0 spiro atoms. The van der Waals surface area contributed by atoms with Crippen LogP contribution in [0.15, 0.2) is 12.4 Å². The summed E-state index contributed by atoms with van der Waals surface area (Å²) in [5.41, 5.74) is 0.908. The first-order valence-electron chi connectivity index (χ1n) is 3.08. The van der Waals surface area contributed by atoms with E-state index in [1.165, 1.54) is 4.68 Å². The molecule has 0 aliphatic carbocycles. The Bertz CT molecular complexity index is 224. The second kappa shape index (κ2) is 3.80. The third-order valence-electron chi connectivity index (χ3n) is 1.17. The fourth-order valence-corrected chi connectivity index (χ4v) is 1.01. The monoisotopic (exact) mass is 224 g/mol. The van der Waals surface area contributed by atoms with E-state index in [2.05, 4.69) is 21.0 Å². The van der Waals surface area contributed by atoms with Gasteiger partial charge in [0.25, 0.3) is 6.43 Å². The number of aromatic nitrogens is 2. The highest BCUT2D eigenvalue weighted by Crippen LogP contribution is 2.04. The second-order valence-electron chi connectivity index (χ2n) is 2.10. The summed E-state index contributed by atoms with van der Waals surface area (Å²) in [4.78, 5) is 0. The molecule has 0 radical (unpaired) electrons. The molecule has 0 N–H and O–H groups in total. The summed E-state index contributed by atoms with van der Waals surface area (Å²) >= 11 is 3.20. The van der Waals surface area contributed by atoms with Gasteiger partial charge in [-0.05, 0) is 0 Å². The molecular formula is C6H7BrF2N2. The predicted molar refractivity (Wildman–Crippen MR) is 40.9 cm³/mol. The molecule has 0 saturated carbocycles. The Labute approximate surface area is 71.3 Å². The summed E-state index contributed by atoms with van der Waals surface area (Å²) in [5.74, 6) is 0. The molecule has 0 aliphatic rings. The Morgan fingerprint density at radius 2 is 2.36 bits per heavy atom. The fraction of sp³-hybridized carbons (Fsp3) is 0.500. The second-order valence-corrected chi connectivity index (χ2v) is 2.66. The van der Waals surface area contributed by atoms with Gasteiger partial charge in [0.05, 0.1) is 6.20 Å². The highest BCUT2D eigenvalue weighted by molar-refractivity contribution is 9.08. The van der Waals surface area contributed by atoms with Crippen molar-refractivity contribution in [2.45, 2.75) is 18.3 Å². The molecule has 2 nitrogen and oxygen atoms in total. The summed E-state index contributed by atoms with van der Waals surface area (Å²) in [6, 6.07) is 0. The predicted octanol–water partition coefficient (Wildman–Crippen LogP) is 2.04. The van der Waals surface area contributed by atoms with Gasteiger partial charge in [0.2, 0.25) is 0 Å². The first-order chi connectivity index (χ1) is 5.22. The lowest BCUT2D eigenvalue weighted by atomic mass is 10.4.